The molecule has 0 saturated heterocycles. The minimum Gasteiger partial charge on any atom is -0.481 e. The van der Waals surface area contributed by atoms with Gasteiger partial charge in [0.2, 0.25) is 0 Å². The van der Waals surface area contributed by atoms with Crippen LogP contribution in [0, 0.1) is 17.8 Å². The molecule has 1 fully saturated rings. The quantitative estimate of drug-likeness (QED) is 0.518. The van der Waals surface area contributed by atoms with Crippen LogP contribution in [0.1, 0.15) is 12.8 Å². The molecule has 78 valence electrons. The van der Waals surface area contributed by atoms with Crippen LogP contribution in [0.3, 0.4) is 0 Å². The Morgan fingerprint density at radius 1 is 1.07 bits per heavy atom. The van der Waals surface area contributed by atoms with E-state index in [1.165, 1.54) is 0 Å². The van der Waals surface area contributed by atoms with Gasteiger partial charge < -0.3 is 15.3 Å². The van der Waals surface area contributed by atoms with Crippen LogP contribution in [-0.2, 0) is 4.79 Å². The zero-order valence-electron chi connectivity index (χ0n) is 7.71. The summed E-state index contributed by atoms with van der Waals surface area (Å²) in [6, 6.07) is 0. The maximum absolute atomic E-state index is 10.8. The average Bonchev–Trinajstić information content (AvgIpc) is 2.72. The number of fused-ring (bicyclic) bond motifs is 1. The monoisotopic (exact) mass is 198 g/mol. The number of carbonyl (C=O) groups is 1. The van der Waals surface area contributed by atoms with E-state index in [4.69, 9.17) is 5.11 Å². The van der Waals surface area contributed by atoms with Gasteiger partial charge in [-0.1, -0.05) is 12.2 Å². The fourth-order valence-electron chi connectivity index (χ4n) is 2.43. The Kier molecular flexibility index (Phi) is 2.33. The van der Waals surface area contributed by atoms with Gasteiger partial charge in [-0.2, -0.15) is 0 Å². The number of hydrogen-bond donors (Lipinski definition) is 3. The standard InChI is InChI=1S/C10H14O4/c11-5-1-2-6(12)4-8-7(3-5)9(8)10(13)14/h1-2,5-9,11-12H,3-4H2,(H,13,14)/b2-1+/t5-,6-,7?,8?,9?/m0/s1. The Labute approximate surface area is 81.9 Å². The second-order valence-electron chi connectivity index (χ2n) is 4.18. The lowest BCUT2D eigenvalue weighted by Crippen LogP contribution is -2.12. The molecule has 0 heterocycles. The maximum Gasteiger partial charge on any atom is 0.307 e. The average molecular weight is 198 g/mol. The molecule has 2 aliphatic carbocycles. The first-order valence-corrected chi connectivity index (χ1v) is 4.87. The smallest absolute Gasteiger partial charge is 0.307 e. The van der Waals surface area contributed by atoms with Crippen molar-refractivity contribution in [2.24, 2.45) is 17.8 Å². The molecule has 3 N–H and O–H groups in total. The summed E-state index contributed by atoms with van der Waals surface area (Å²) < 4.78 is 0. The van der Waals surface area contributed by atoms with Crippen LogP contribution in [0.25, 0.3) is 0 Å². The molecular formula is C10H14O4. The van der Waals surface area contributed by atoms with Crippen molar-refractivity contribution >= 4 is 5.97 Å². The van der Waals surface area contributed by atoms with Crippen molar-refractivity contribution in [2.45, 2.75) is 25.0 Å². The van der Waals surface area contributed by atoms with Crippen molar-refractivity contribution in [3.63, 3.8) is 0 Å². The first kappa shape index (κ1) is 9.68. The summed E-state index contributed by atoms with van der Waals surface area (Å²) in [4.78, 5) is 10.8. The molecule has 0 spiro atoms. The topological polar surface area (TPSA) is 77.8 Å². The molecule has 2 rings (SSSR count). The van der Waals surface area contributed by atoms with Gasteiger partial charge in [-0.15, -0.1) is 0 Å². The highest BCUT2D eigenvalue weighted by Gasteiger charge is 2.55. The highest BCUT2D eigenvalue weighted by molar-refractivity contribution is 5.74. The fourth-order valence-corrected chi connectivity index (χ4v) is 2.43. The highest BCUT2D eigenvalue weighted by atomic mass is 16.4. The summed E-state index contributed by atoms with van der Waals surface area (Å²) >= 11 is 0. The molecule has 0 radical (unpaired) electrons. The summed E-state index contributed by atoms with van der Waals surface area (Å²) in [6.07, 6.45) is 2.90. The van der Waals surface area contributed by atoms with Crippen molar-refractivity contribution in [2.75, 3.05) is 0 Å². The Morgan fingerprint density at radius 2 is 1.50 bits per heavy atom. The molecule has 0 aromatic carbocycles. The Morgan fingerprint density at radius 3 is 1.86 bits per heavy atom. The van der Waals surface area contributed by atoms with Crippen LogP contribution in [0.5, 0.6) is 0 Å². The maximum atomic E-state index is 10.8. The predicted octanol–water partition coefficient (Wildman–Crippen LogP) is 0.00500. The highest BCUT2D eigenvalue weighted by Crippen LogP contribution is 2.52. The molecule has 14 heavy (non-hydrogen) atoms. The molecule has 0 aromatic heterocycles. The van der Waals surface area contributed by atoms with Gasteiger partial charge in [-0.3, -0.25) is 4.79 Å². The molecule has 4 atom stereocenters. The third-order valence-electron chi connectivity index (χ3n) is 3.20. The summed E-state index contributed by atoms with van der Waals surface area (Å²) in [5.74, 6) is -1.08. The number of aliphatic hydroxyl groups is 2. The number of rotatable bonds is 1. The number of aliphatic carboxylic acids is 1. The van der Waals surface area contributed by atoms with Gasteiger partial charge in [0, 0.05) is 0 Å². The Balaban J connectivity index is 2.07. The first-order valence-electron chi connectivity index (χ1n) is 4.87. The van der Waals surface area contributed by atoms with Crippen LogP contribution in [0.2, 0.25) is 0 Å². The van der Waals surface area contributed by atoms with Gasteiger partial charge in [0.05, 0.1) is 18.1 Å². The first-order chi connectivity index (χ1) is 6.59. The fraction of sp³-hybridized carbons (Fsp3) is 0.700. The summed E-state index contributed by atoms with van der Waals surface area (Å²) in [6.45, 7) is 0. The molecule has 1 saturated carbocycles. The lowest BCUT2D eigenvalue weighted by molar-refractivity contribution is -0.139. The SMILES string of the molecule is O=C(O)C1C2C[C@@H](O)/C=C/[C@H](O)CC21. The lowest BCUT2D eigenvalue weighted by Gasteiger charge is -2.11. The molecule has 0 amide bonds. The molecule has 2 aliphatic rings. The third-order valence-corrected chi connectivity index (χ3v) is 3.20. The van der Waals surface area contributed by atoms with Gasteiger partial charge in [0.1, 0.15) is 0 Å². The molecular weight excluding hydrogens is 184 g/mol. The van der Waals surface area contributed by atoms with Crippen molar-refractivity contribution in [3.8, 4) is 0 Å². The van der Waals surface area contributed by atoms with Crippen LogP contribution >= 0.6 is 0 Å². The van der Waals surface area contributed by atoms with E-state index in [1.54, 1.807) is 12.2 Å². The molecule has 0 bridgehead atoms. The second-order valence-corrected chi connectivity index (χ2v) is 4.18. The van der Waals surface area contributed by atoms with Crippen molar-refractivity contribution in [1.29, 1.82) is 0 Å². The van der Waals surface area contributed by atoms with Crippen LogP contribution in [0.4, 0.5) is 0 Å². The van der Waals surface area contributed by atoms with Gasteiger partial charge >= 0.3 is 5.97 Å². The summed E-state index contributed by atoms with van der Waals surface area (Å²) in [7, 11) is 0. The zero-order chi connectivity index (χ0) is 10.3. The molecule has 0 aliphatic heterocycles. The number of hydrogen-bond acceptors (Lipinski definition) is 3. The van der Waals surface area contributed by atoms with Crippen molar-refractivity contribution in [3.05, 3.63) is 12.2 Å². The number of carboxylic acid groups (broad SMARTS) is 1. The van der Waals surface area contributed by atoms with Gasteiger partial charge in [0.15, 0.2) is 0 Å². The minimum absolute atomic E-state index is 0.0436. The largest absolute Gasteiger partial charge is 0.481 e. The van der Waals surface area contributed by atoms with E-state index in [9.17, 15) is 15.0 Å². The van der Waals surface area contributed by atoms with Gasteiger partial charge in [-0.05, 0) is 24.7 Å². The molecule has 4 nitrogen and oxygen atoms in total. The Hall–Kier alpha value is -0.870. The molecule has 0 aromatic rings. The van der Waals surface area contributed by atoms with E-state index in [1.807, 2.05) is 0 Å². The molecule has 2 unspecified atom stereocenters. The van der Waals surface area contributed by atoms with Crippen LogP contribution in [0.15, 0.2) is 12.2 Å². The second kappa shape index (κ2) is 3.37. The number of aliphatic hydroxyl groups excluding tert-OH is 2. The van der Waals surface area contributed by atoms with E-state index in [2.05, 4.69) is 0 Å². The van der Waals surface area contributed by atoms with E-state index >= 15 is 0 Å². The molecule has 4 heteroatoms. The normalized spacial score (nSPS) is 48.6. The van der Waals surface area contributed by atoms with Crippen LogP contribution in [-0.4, -0.2) is 33.5 Å². The van der Waals surface area contributed by atoms with Gasteiger partial charge in [-0.25, -0.2) is 0 Å². The van der Waals surface area contributed by atoms with E-state index in [-0.39, 0.29) is 17.8 Å². The van der Waals surface area contributed by atoms with E-state index < -0.39 is 18.2 Å². The predicted molar refractivity (Wildman–Crippen MR) is 48.5 cm³/mol. The van der Waals surface area contributed by atoms with E-state index in [0.717, 1.165) is 0 Å². The van der Waals surface area contributed by atoms with Crippen molar-refractivity contribution < 1.29 is 20.1 Å². The van der Waals surface area contributed by atoms with Gasteiger partial charge in [0.25, 0.3) is 0 Å². The third kappa shape index (κ3) is 1.67. The van der Waals surface area contributed by atoms with Crippen molar-refractivity contribution in [1.82, 2.24) is 0 Å². The minimum atomic E-state index is -0.804. The van der Waals surface area contributed by atoms with Crippen LogP contribution < -0.4 is 0 Å². The summed E-state index contributed by atoms with van der Waals surface area (Å²) in [5, 5.41) is 27.7. The lowest BCUT2D eigenvalue weighted by atomic mass is 10.0. The zero-order valence-corrected chi connectivity index (χ0v) is 7.71. The number of carboxylic acids is 1. The summed E-state index contributed by atoms with van der Waals surface area (Å²) in [5.41, 5.74) is 0. The Bertz CT molecular complexity index is 253. The van der Waals surface area contributed by atoms with E-state index in [0.29, 0.717) is 12.8 Å².